The zero-order chi connectivity index (χ0) is 15.0. The molecule has 0 aliphatic rings. The number of H-pyrrole nitrogens is 1. The first-order valence-electron chi connectivity index (χ1n) is 5.90. The molecule has 3 rings (SSSR count). The number of hydrogen-bond acceptors (Lipinski definition) is 5. The Morgan fingerprint density at radius 2 is 2.05 bits per heavy atom. The van der Waals surface area contributed by atoms with Gasteiger partial charge in [0, 0.05) is 9.92 Å². The van der Waals surface area contributed by atoms with Crippen LogP contribution in [-0.4, -0.2) is 22.3 Å². The lowest BCUT2D eigenvalue weighted by Gasteiger charge is -2.08. The lowest BCUT2D eigenvalue weighted by molar-refractivity contribution is 0.389. The first-order valence-corrected chi connectivity index (χ1v) is 7.47. The van der Waals surface area contributed by atoms with Crippen molar-refractivity contribution in [2.24, 2.45) is 0 Å². The Kier molecular flexibility index (Phi) is 3.84. The third-order valence-electron chi connectivity index (χ3n) is 2.81. The fourth-order valence-corrected chi connectivity index (χ4v) is 3.27. The number of ether oxygens (including phenoxy) is 1. The minimum Gasteiger partial charge on any atom is -0.480 e. The molecule has 0 amide bonds. The number of nitrogens with one attached hydrogen (secondary N) is 1. The molecule has 0 aliphatic heterocycles. The van der Waals surface area contributed by atoms with Crippen LogP contribution in [0.4, 0.5) is 5.82 Å². The minimum atomic E-state index is 0.454. The van der Waals surface area contributed by atoms with Gasteiger partial charge >= 0.3 is 0 Å². The molecule has 5 nitrogen and oxygen atoms in total. The van der Waals surface area contributed by atoms with Crippen molar-refractivity contribution in [3.63, 3.8) is 0 Å². The van der Waals surface area contributed by atoms with Crippen molar-refractivity contribution in [2.45, 2.75) is 9.79 Å². The molecule has 8 heteroatoms. The summed E-state index contributed by atoms with van der Waals surface area (Å²) in [5.74, 6) is 0.911. The number of benzene rings is 1. The zero-order valence-corrected chi connectivity index (χ0v) is 13.2. The largest absolute Gasteiger partial charge is 0.480 e. The van der Waals surface area contributed by atoms with E-state index in [0.717, 1.165) is 15.2 Å². The van der Waals surface area contributed by atoms with E-state index < -0.39 is 0 Å². The summed E-state index contributed by atoms with van der Waals surface area (Å²) in [6, 6.07) is 7.14. The molecule has 3 N–H and O–H groups in total. The zero-order valence-electron chi connectivity index (χ0n) is 10.9. The predicted octanol–water partition coefficient (Wildman–Crippen LogP) is 4.01. The molecule has 2 aromatic heterocycles. The van der Waals surface area contributed by atoms with Crippen molar-refractivity contribution in [1.82, 2.24) is 15.2 Å². The highest BCUT2D eigenvalue weighted by atomic mass is 35.5. The van der Waals surface area contributed by atoms with Crippen LogP contribution in [0.25, 0.3) is 11.0 Å². The van der Waals surface area contributed by atoms with Gasteiger partial charge < -0.3 is 10.5 Å². The van der Waals surface area contributed by atoms with E-state index in [9.17, 15) is 0 Å². The van der Waals surface area contributed by atoms with Crippen molar-refractivity contribution >= 4 is 51.8 Å². The van der Waals surface area contributed by atoms with E-state index in [4.69, 9.17) is 33.7 Å². The van der Waals surface area contributed by atoms with Gasteiger partial charge in [0.2, 0.25) is 5.88 Å². The molecule has 0 fully saturated rings. The molecule has 0 saturated heterocycles. The summed E-state index contributed by atoms with van der Waals surface area (Å²) >= 11 is 13.6. The monoisotopic (exact) mass is 340 g/mol. The van der Waals surface area contributed by atoms with Crippen molar-refractivity contribution in [3.8, 4) is 5.88 Å². The summed E-state index contributed by atoms with van der Waals surface area (Å²) in [5.41, 5.74) is 6.33. The number of aromatic amines is 1. The second-order valence-electron chi connectivity index (χ2n) is 4.18. The lowest BCUT2D eigenvalue weighted by atomic mass is 10.3. The highest BCUT2D eigenvalue weighted by molar-refractivity contribution is 7.99. The van der Waals surface area contributed by atoms with Gasteiger partial charge in [-0.15, -0.1) is 0 Å². The van der Waals surface area contributed by atoms with Crippen LogP contribution in [0.15, 0.2) is 34.1 Å². The molecular weight excluding hydrogens is 331 g/mol. The third kappa shape index (κ3) is 2.74. The maximum atomic E-state index is 6.19. The molecule has 2 heterocycles. The van der Waals surface area contributed by atoms with Crippen LogP contribution in [0, 0.1) is 0 Å². The van der Waals surface area contributed by atoms with E-state index in [-0.39, 0.29) is 0 Å². The van der Waals surface area contributed by atoms with Crippen molar-refractivity contribution in [1.29, 1.82) is 0 Å². The average molecular weight is 341 g/mol. The number of methoxy groups -OCH3 is 1. The standard InChI is InChI=1S/C13H10Cl2N4OS/c1-20-13-10(5-7-11(16)18-19-12(7)17-13)21-9-4-6(14)2-3-8(9)15/h2-5H,1H3,(H3,16,17,18,19). The topological polar surface area (TPSA) is 76.8 Å². The molecule has 0 aliphatic carbocycles. The fraction of sp³-hybridized carbons (Fsp3) is 0.0769. The molecule has 108 valence electrons. The van der Waals surface area contributed by atoms with Crippen molar-refractivity contribution in [2.75, 3.05) is 12.8 Å². The molecule has 0 saturated carbocycles. The van der Waals surface area contributed by atoms with Gasteiger partial charge in [0.05, 0.1) is 22.4 Å². The number of rotatable bonds is 3. The van der Waals surface area contributed by atoms with Gasteiger partial charge in [-0.2, -0.15) is 10.1 Å². The summed E-state index contributed by atoms with van der Waals surface area (Å²) in [6.07, 6.45) is 0. The molecule has 1 aromatic carbocycles. The Balaban J connectivity index is 2.10. The van der Waals surface area contributed by atoms with Crippen LogP contribution in [-0.2, 0) is 0 Å². The number of pyridine rings is 1. The first-order chi connectivity index (χ1) is 10.1. The van der Waals surface area contributed by atoms with E-state index in [2.05, 4.69) is 15.2 Å². The number of fused-ring (bicyclic) bond motifs is 1. The summed E-state index contributed by atoms with van der Waals surface area (Å²) in [7, 11) is 1.55. The SMILES string of the molecule is COc1nc2n[nH]c(N)c2cc1Sc1cc(Cl)ccc1Cl. The average Bonchev–Trinajstić information content (AvgIpc) is 2.83. The van der Waals surface area contributed by atoms with Crippen LogP contribution < -0.4 is 10.5 Å². The molecule has 0 spiro atoms. The van der Waals surface area contributed by atoms with E-state index in [1.54, 1.807) is 25.3 Å². The summed E-state index contributed by atoms with van der Waals surface area (Å²) in [4.78, 5) is 5.91. The molecule has 21 heavy (non-hydrogen) atoms. The Hall–Kier alpha value is -1.63. The van der Waals surface area contributed by atoms with Crippen LogP contribution in [0.1, 0.15) is 0 Å². The quantitative estimate of drug-likeness (QED) is 0.753. The lowest BCUT2D eigenvalue weighted by Crippen LogP contribution is -1.92. The van der Waals surface area contributed by atoms with Gasteiger partial charge in [0.15, 0.2) is 5.65 Å². The van der Waals surface area contributed by atoms with Gasteiger partial charge in [-0.25, -0.2) is 0 Å². The van der Waals surface area contributed by atoms with E-state index in [0.29, 0.717) is 27.4 Å². The van der Waals surface area contributed by atoms with Crippen LogP contribution in [0.5, 0.6) is 5.88 Å². The van der Waals surface area contributed by atoms with Gasteiger partial charge in [-0.05, 0) is 24.3 Å². The smallest absolute Gasteiger partial charge is 0.229 e. The number of nitrogens with two attached hydrogens (primary N) is 1. The summed E-state index contributed by atoms with van der Waals surface area (Å²) < 4.78 is 5.30. The molecule has 0 unspecified atom stereocenters. The summed E-state index contributed by atoms with van der Waals surface area (Å²) in [5, 5.41) is 8.65. The van der Waals surface area contributed by atoms with Gasteiger partial charge in [0.25, 0.3) is 0 Å². The van der Waals surface area contributed by atoms with Crippen LogP contribution in [0.2, 0.25) is 10.0 Å². The predicted molar refractivity (Wildman–Crippen MR) is 85.4 cm³/mol. The number of anilines is 1. The van der Waals surface area contributed by atoms with E-state index in [1.165, 1.54) is 11.8 Å². The van der Waals surface area contributed by atoms with Gasteiger partial charge in [-0.3, -0.25) is 5.10 Å². The van der Waals surface area contributed by atoms with E-state index >= 15 is 0 Å². The molecule has 0 bridgehead atoms. The third-order valence-corrected chi connectivity index (χ3v) is 4.56. The number of hydrogen-bond donors (Lipinski definition) is 2. The Morgan fingerprint density at radius 3 is 2.81 bits per heavy atom. The fourth-order valence-electron chi connectivity index (χ4n) is 1.82. The Morgan fingerprint density at radius 1 is 1.24 bits per heavy atom. The Labute approximate surface area is 134 Å². The molecule has 0 radical (unpaired) electrons. The number of nitrogens with zero attached hydrogens (tertiary/aromatic N) is 2. The maximum absolute atomic E-state index is 6.19. The number of nitrogen functional groups attached to an aromatic ring is 1. The second-order valence-corrected chi connectivity index (χ2v) is 6.11. The van der Waals surface area contributed by atoms with Gasteiger partial charge in [0.1, 0.15) is 5.82 Å². The minimum absolute atomic E-state index is 0.454. The maximum Gasteiger partial charge on any atom is 0.229 e. The van der Waals surface area contributed by atoms with E-state index in [1.807, 2.05) is 6.07 Å². The summed E-state index contributed by atoms with van der Waals surface area (Å²) in [6.45, 7) is 0. The Bertz CT molecular complexity index is 821. The molecular formula is C13H10Cl2N4OS. The van der Waals surface area contributed by atoms with Crippen LogP contribution >= 0.6 is 35.0 Å². The van der Waals surface area contributed by atoms with Crippen LogP contribution in [0.3, 0.4) is 0 Å². The highest BCUT2D eigenvalue weighted by Gasteiger charge is 2.14. The number of halogens is 2. The first kappa shape index (κ1) is 14.3. The molecule has 0 atom stereocenters. The van der Waals surface area contributed by atoms with Crippen molar-refractivity contribution in [3.05, 3.63) is 34.3 Å². The normalized spacial score (nSPS) is 11.0. The number of aromatic nitrogens is 3. The second kappa shape index (κ2) is 5.63. The van der Waals surface area contributed by atoms with Gasteiger partial charge in [-0.1, -0.05) is 35.0 Å². The highest BCUT2D eigenvalue weighted by Crippen LogP contribution is 2.40. The van der Waals surface area contributed by atoms with Crippen molar-refractivity contribution < 1.29 is 4.74 Å². The molecule has 3 aromatic rings.